The average molecular weight is 287 g/mol. The van der Waals surface area contributed by atoms with Crippen molar-refractivity contribution in [3.8, 4) is 0 Å². The smallest absolute Gasteiger partial charge is 0.352 e. The Morgan fingerprint density at radius 1 is 1.29 bits per heavy atom. The van der Waals surface area contributed by atoms with Gasteiger partial charge in [0.15, 0.2) is 5.71 Å². The van der Waals surface area contributed by atoms with Gasteiger partial charge in [-0.1, -0.05) is 18.2 Å². The van der Waals surface area contributed by atoms with Crippen molar-refractivity contribution in [2.45, 2.75) is 13.3 Å². The molecule has 0 radical (unpaired) electrons. The molecule has 21 heavy (non-hydrogen) atoms. The number of nitrogens with zero attached hydrogens (tertiary/aromatic N) is 2. The third-order valence-corrected chi connectivity index (χ3v) is 2.72. The van der Waals surface area contributed by atoms with Crippen LogP contribution in [0.5, 0.6) is 0 Å². The maximum Gasteiger partial charge on any atom is 0.352 e. The molecule has 0 fully saturated rings. The Kier molecular flexibility index (Phi) is 4.13. The van der Waals surface area contributed by atoms with E-state index in [1.54, 1.807) is 13.0 Å². The molecular weight excluding hydrogens is 274 g/mol. The zero-order valence-electron chi connectivity index (χ0n) is 11.2. The van der Waals surface area contributed by atoms with Gasteiger partial charge in [0, 0.05) is 11.1 Å². The number of anilines is 1. The van der Waals surface area contributed by atoms with Crippen molar-refractivity contribution in [1.82, 2.24) is 4.98 Å². The minimum Gasteiger partial charge on any atom is -0.481 e. The summed E-state index contributed by atoms with van der Waals surface area (Å²) < 4.78 is 0. The monoisotopic (exact) mass is 287 g/mol. The minimum absolute atomic E-state index is 0.471. The number of hydrogen-bond donors (Lipinski definition) is 3. The molecule has 108 valence electrons. The fourth-order valence-electron chi connectivity index (χ4n) is 1.83. The molecule has 0 saturated carbocycles. The Balaban J connectivity index is 2.38. The summed E-state index contributed by atoms with van der Waals surface area (Å²) in [6, 6.07) is 9.02. The number of carbonyl (C=O) groups is 2. The lowest BCUT2D eigenvalue weighted by Gasteiger charge is -2.07. The lowest BCUT2D eigenvalue weighted by Crippen LogP contribution is -2.18. The van der Waals surface area contributed by atoms with Crippen molar-refractivity contribution in [2.24, 2.45) is 5.10 Å². The predicted molar refractivity (Wildman–Crippen MR) is 77.4 cm³/mol. The summed E-state index contributed by atoms with van der Waals surface area (Å²) in [5.41, 5.74) is 4.20. The number of pyridine rings is 1. The van der Waals surface area contributed by atoms with Gasteiger partial charge in [-0.15, -0.1) is 0 Å². The molecule has 2 rings (SSSR count). The lowest BCUT2D eigenvalue weighted by atomic mass is 10.1. The van der Waals surface area contributed by atoms with Crippen LogP contribution < -0.4 is 5.43 Å². The number of carboxylic acid groups (broad SMARTS) is 2. The van der Waals surface area contributed by atoms with Crippen LogP contribution >= 0.6 is 0 Å². The van der Waals surface area contributed by atoms with E-state index in [0.717, 1.165) is 16.6 Å². The van der Waals surface area contributed by atoms with Crippen molar-refractivity contribution >= 4 is 34.2 Å². The predicted octanol–water partition coefficient (Wildman–Crippen LogP) is 1.87. The Morgan fingerprint density at radius 3 is 2.67 bits per heavy atom. The van der Waals surface area contributed by atoms with Gasteiger partial charge in [0.25, 0.3) is 0 Å². The first kappa shape index (κ1) is 14.4. The molecule has 2 aromatic rings. The summed E-state index contributed by atoms with van der Waals surface area (Å²) in [4.78, 5) is 25.9. The highest BCUT2D eigenvalue weighted by atomic mass is 16.4. The zero-order chi connectivity index (χ0) is 15.4. The number of rotatable bonds is 5. The van der Waals surface area contributed by atoms with Crippen LogP contribution in [0.15, 0.2) is 35.4 Å². The van der Waals surface area contributed by atoms with Crippen LogP contribution in [0.2, 0.25) is 0 Å². The normalized spacial score (nSPS) is 11.4. The first-order valence-electron chi connectivity index (χ1n) is 6.11. The van der Waals surface area contributed by atoms with Gasteiger partial charge in [-0.3, -0.25) is 15.2 Å². The summed E-state index contributed by atoms with van der Waals surface area (Å²) in [7, 11) is 0. The number of aromatic nitrogens is 1. The van der Waals surface area contributed by atoms with Crippen LogP contribution in [0, 0.1) is 6.92 Å². The van der Waals surface area contributed by atoms with Crippen LogP contribution in [0.1, 0.15) is 12.1 Å². The number of nitrogens with one attached hydrogen (secondary N) is 1. The van der Waals surface area contributed by atoms with Crippen LogP contribution in [0.4, 0.5) is 5.69 Å². The number of carboxylic acids is 2. The second-order valence-corrected chi connectivity index (χ2v) is 4.37. The number of fused-ring (bicyclic) bond motifs is 1. The van der Waals surface area contributed by atoms with Crippen LogP contribution in [0.25, 0.3) is 10.9 Å². The van der Waals surface area contributed by atoms with E-state index in [4.69, 9.17) is 10.2 Å². The van der Waals surface area contributed by atoms with Crippen molar-refractivity contribution in [3.05, 3.63) is 36.0 Å². The van der Waals surface area contributed by atoms with Gasteiger partial charge in [0.05, 0.1) is 17.6 Å². The second kappa shape index (κ2) is 6.00. The van der Waals surface area contributed by atoms with Crippen LogP contribution in [0.3, 0.4) is 0 Å². The number of aryl methyl sites for hydroxylation is 1. The summed E-state index contributed by atoms with van der Waals surface area (Å²) in [5, 5.41) is 22.0. The zero-order valence-corrected chi connectivity index (χ0v) is 11.2. The molecule has 0 bridgehead atoms. The summed E-state index contributed by atoms with van der Waals surface area (Å²) in [6.07, 6.45) is -0.662. The summed E-state index contributed by atoms with van der Waals surface area (Å²) in [5.74, 6) is -2.63. The maximum atomic E-state index is 10.9. The molecule has 0 atom stereocenters. The summed E-state index contributed by atoms with van der Waals surface area (Å²) in [6.45, 7) is 1.80. The molecule has 3 N–H and O–H groups in total. The highest BCUT2D eigenvalue weighted by Crippen LogP contribution is 2.22. The third kappa shape index (κ3) is 3.53. The highest BCUT2D eigenvalue weighted by Gasteiger charge is 2.14. The van der Waals surface area contributed by atoms with E-state index < -0.39 is 24.1 Å². The van der Waals surface area contributed by atoms with E-state index in [-0.39, 0.29) is 0 Å². The van der Waals surface area contributed by atoms with Gasteiger partial charge in [-0.2, -0.15) is 5.10 Å². The first-order chi connectivity index (χ1) is 9.97. The fourth-order valence-corrected chi connectivity index (χ4v) is 1.83. The quantitative estimate of drug-likeness (QED) is 0.571. The molecule has 0 unspecified atom stereocenters. The molecule has 0 spiro atoms. The minimum atomic E-state index is -1.38. The third-order valence-electron chi connectivity index (χ3n) is 2.72. The number of para-hydroxylation sites is 1. The number of aliphatic carboxylic acids is 2. The molecular formula is C14H13N3O4. The molecule has 1 aromatic heterocycles. The van der Waals surface area contributed by atoms with Gasteiger partial charge in [-0.25, -0.2) is 4.79 Å². The molecule has 0 amide bonds. The van der Waals surface area contributed by atoms with Gasteiger partial charge in [-0.05, 0) is 19.1 Å². The van der Waals surface area contributed by atoms with E-state index in [1.165, 1.54) is 0 Å². The van der Waals surface area contributed by atoms with Gasteiger partial charge in [0.1, 0.15) is 0 Å². The molecule has 7 heteroatoms. The lowest BCUT2D eigenvalue weighted by molar-refractivity contribution is -0.137. The summed E-state index contributed by atoms with van der Waals surface area (Å²) >= 11 is 0. The number of benzene rings is 1. The van der Waals surface area contributed by atoms with Gasteiger partial charge < -0.3 is 10.2 Å². The number of hydrazone groups is 1. The van der Waals surface area contributed by atoms with E-state index >= 15 is 0 Å². The molecule has 7 nitrogen and oxygen atoms in total. The Morgan fingerprint density at radius 2 is 2.00 bits per heavy atom. The molecule has 0 aliphatic heterocycles. The molecule has 1 aromatic carbocycles. The van der Waals surface area contributed by atoms with E-state index in [9.17, 15) is 9.59 Å². The van der Waals surface area contributed by atoms with Crippen LogP contribution in [-0.2, 0) is 9.59 Å². The van der Waals surface area contributed by atoms with Gasteiger partial charge >= 0.3 is 11.9 Å². The van der Waals surface area contributed by atoms with Gasteiger partial charge in [0.2, 0.25) is 0 Å². The van der Waals surface area contributed by atoms with Crippen LogP contribution in [-0.4, -0.2) is 32.8 Å². The maximum absolute atomic E-state index is 10.9. The second-order valence-electron chi connectivity index (χ2n) is 4.37. The largest absolute Gasteiger partial charge is 0.481 e. The Bertz CT molecular complexity index is 740. The fraction of sp³-hybridized carbons (Fsp3) is 0.143. The molecule has 0 saturated heterocycles. The Labute approximate surface area is 119 Å². The SMILES string of the molecule is Cc1cc(N/N=C(\CC(=O)O)C(=O)O)c2ccccc2n1. The van der Waals surface area contributed by atoms with Crippen molar-refractivity contribution in [1.29, 1.82) is 0 Å². The average Bonchev–Trinajstić information content (AvgIpc) is 2.42. The van der Waals surface area contributed by atoms with Crippen molar-refractivity contribution in [2.75, 3.05) is 5.43 Å². The van der Waals surface area contributed by atoms with Crippen molar-refractivity contribution < 1.29 is 19.8 Å². The van der Waals surface area contributed by atoms with E-state index in [2.05, 4.69) is 15.5 Å². The highest BCUT2D eigenvalue weighted by molar-refractivity contribution is 6.38. The van der Waals surface area contributed by atoms with E-state index in [1.807, 2.05) is 24.3 Å². The Hall–Kier alpha value is -2.96. The molecule has 0 aliphatic carbocycles. The first-order valence-corrected chi connectivity index (χ1v) is 6.11. The molecule has 1 heterocycles. The van der Waals surface area contributed by atoms with Crippen molar-refractivity contribution in [3.63, 3.8) is 0 Å². The topological polar surface area (TPSA) is 112 Å². The van der Waals surface area contributed by atoms with E-state index in [0.29, 0.717) is 5.69 Å². The standard InChI is InChI=1S/C14H13N3O4/c1-8-6-11(9-4-2-3-5-10(9)15-8)16-17-12(14(20)21)7-13(18)19/h2-6H,7H2,1H3,(H,15,16)(H,18,19)(H,20,21)/b17-12+. The number of hydrogen-bond acceptors (Lipinski definition) is 5. The molecule has 0 aliphatic rings.